The summed E-state index contributed by atoms with van der Waals surface area (Å²) in [6, 6.07) is 0.401. The molecular formula is C11H24ClN3O2S. The van der Waals surface area contributed by atoms with E-state index in [9.17, 15) is 8.42 Å². The Morgan fingerprint density at radius 2 is 1.89 bits per heavy atom. The molecule has 2 heterocycles. The summed E-state index contributed by atoms with van der Waals surface area (Å²) in [6.07, 6.45) is 3.12. The van der Waals surface area contributed by atoms with Gasteiger partial charge in [-0.3, -0.25) is 0 Å². The molecule has 0 aliphatic carbocycles. The fraction of sp³-hybridized carbons (Fsp3) is 1.00. The molecule has 2 atom stereocenters. The minimum atomic E-state index is -3.24. The summed E-state index contributed by atoms with van der Waals surface area (Å²) in [5.41, 5.74) is 0. The van der Waals surface area contributed by atoms with E-state index in [-0.39, 0.29) is 24.5 Å². The molecule has 0 amide bonds. The standard InChI is InChI=1S/C11H23N3O2S.ClH/c1-10-9-13(8-6-12-10)17(15,16)14-7-4-3-5-11(14)2;/h10-12H,3-9H2,1-2H3;1H. The second-order valence-corrected chi connectivity index (χ2v) is 7.06. The van der Waals surface area contributed by atoms with Gasteiger partial charge in [0.25, 0.3) is 10.2 Å². The normalized spacial score (nSPS) is 31.9. The van der Waals surface area contributed by atoms with E-state index >= 15 is 0 Å². The molecule has 7 heteroatoms. The molecule has 0 saturated carbocycles. The molecule has 108 valence electrons. The quantitative estimate of drug-likeness (QED) is 0.821. The Kier molecular flexibility index (Phi) is 5.86. The highest BCUT2D eigenvalue weighted by atomic mass is 35.5. The number of halogens is 1. The monoisotopic (exact) mass is 297 g/mol. The van der Waals surface area contributed by atoms with Crippen LogP contribution in [0, 0.1) is 0 Å². The fourth-order valence-corrected chi connectivity index (χ4v) is 4.62. The van der Waals surface area contributed by atoms with E-state index in [1.165, 1.54) is 0 Å². The van der Waals surface area contributed by atoms with E-state index < -0.39 is 10.2 Å². The van der Waals surface area contributed by atoms with Gasteiger partial charge in [-0.25, -0.2) is 0 Å². The van der Waals surface area contributed by atoms with Gasteiger partial charge in [-0.1, -0.05) is 6.42 Å². The number of piperidine rings is 1. The van der Waals surface area contributed by atoms with E-state index in [0.29, 0.717) is 19.6 Å². The molecule has 2 saturated heterocycles. The number of nitrogens with zero attached hydrogens (tertiary/aromatic N) is 2. The molecule has 5 nitrogen and oxygen atoms in total. The second kappa shape index (κ2) is 6.52. The first-order chi connectivity index (χ1) is 8.01. The number of piperazine rings is 1. The first-order valence-electron chi connectivity index (χ1n) is 6.52. The summed E-state index contributed by atoms with van der Waals surface area (Å²) < 4.78 is 28.4. The largest absolute Gasteiger partial charge is 0.312 e. The summed E-state index contributed by atoms with van der Waals surface area (Å²) in [4.78, 5) is 0. The Bertz CT molecular complexity index is 363. The van der Waals surface area contributed by atoms with Crippen molar-refractivity contribution in [1.29, 1.82) is 0 Å². The van der Waals surface area contributed by atoms with Crippen molar-refractivity contribution in [3.05, 3.63) is 0 Å². The lowest BCUT2D eigenvalue weighted by Gasteiger charge is -2.39. The Labute approximate surface area is 116 Å². The second-order valence-electron chi connectivity index (χ2n) is 5.18. The Balaban J connectivity index is 0.00000162. The van der Waals surface area contributed by atoms with Gasteiger partial charge in [-0.2, -0.15) is 17.0 Å². The minimum absolute atomic E-state index is 0. The maximum atomic E-state index is 12.5. The van der Waals surface area contributed by atoms with Crippen molar-refractivity contribution >= 4 is 22.6 Å². The molecule has 2 aliphatic rings. The lowest BCUT2D eigenvalue weighted by Crippen LogP contribution is -2.57. The topological polar surface area (TPSA) is 52.7 Å². The zero-order chi connectivity index (χ0) is 12.5. The Hall–Kier alpha value is 0.120. The van der Waals surface area contributed by atoms with Gasteiger partial charge in [-0.05, 0) is 26.7 Å². The summed E-state index contributed by atoms with van der Waals surface area (Å²) >= 11 is 0. The summed E-state index contributed by atoms with van der Waals surface area (Å²) in [6.45, 7) is 6.66. The van der Waals surface area contributed by atoms with Crippen LogP contribution in [0.3, 0.4) is 0 Å². The lowest BCUT2D eigenvalue weighted by molar-refractivity contribution is 0.228. The summed E-state index contributed by atoms with van der Waals surface area (Å²) in [7, 11) is -3.24. The molecule has 1 N–H and O–H groups in total. The van der Waals surface area contributed by atoms with Crippen LogP contribution in [0.2, 0.25) is 0 Å². The maximum absolute atomic E-state index is 12.5. The third kappa shape index (κ3) is 3.36. The first kappa shape index (κ1) is 16.2. The van der Waals surface area contributed by atoms with Crippen LogP contribution in [0.15, 0.2) is 0 Å². The molecule has 18 heavy (non-hydrogen) atoms. The Morgan fingerprint density at radius 1 is 1.17 bits per heavy atom. The van der Waals surface area contributed by atoms with E-state index in [0.717, 1.165) is 25.8 Å². The third-order valence-corrected chi connectivity index (χ3v) is 5.82. The van der Waals surface area contributed by atoms with Crippen molar-refractivity contribution in [3.63, 3.8) is 0 Å². The zero-order valence-corrected chi connectivity index (χ0v) is 12.8. The average molecular weight is 298 g/mol. The van der Waals surface area contributed by atoms with Gasteiger partial charge in [0, 0.05) is 38.3 Å². The van der Waals surface area contributed by atoms with Gasteiger partial charge in [-0.15, -0.1) is 12.4 Å². The highest BCUT2D eigenvalue weighted by Gasteiger charge is 2.35. The molecule has 0 aromatic carbocycles. The number of rotatable bonds is 2. The van der Waals surface area contributed by atoms with Crippen molar-refractivity contribution in [3.8, 4) is 0 Å². The van der Waals surface area contributed by atoms with Crippen molar-refractivity contribution in [2.24, 2.45) is 0 Å². The van der Waals surface area contributed by atoms with Gasteiger partial charge in [0.2, 0.25) is 0 Å². The molecule has 2 unspecified atom stereocenters. The fourth-order valence-electron chi connectivity index (χ4n) is 2.67. The van der Waals surface area contributed by atoms with Crippen LogP contribution in [0.25, 0.3) is 0 Å². The average Bonchev–Trinajstić information content (AvgIpc) is 2.29. The van der Waals surface area contributed by atoms with E-state index in [1.807, 2.05) is 13.8 Å². The number of hydrogen-bond acceptors (Lipinski definition) is 3. The van der Waals surface area contributed by atoms with Crippen LogP contribution in [-0.4, -0.2) is 55.3 Å². The van der Waals surface area contributed by atoms with Gasteiger partial charge in [0.1, 0.15) is 0 Å². The highest BCUT2D eigenvalue weighted by Crippen LogP contribution is 2.22. The first-order valence-corrected chi connectivity index (χ1v) is 7.92. The number of nitrogens with one attached hydrogen (secondary N) is 1. The molecule has 0 bridgehead atoms. The van der Waals surface area contributed by atoms with Crippen LogP contribution in [0.5, 0.6) is 0 Å². The van der Waals surface area contributed by atoms with E-state index in [2.05, 4.69) is 5.32 Å². The van der Waals surface area contributed by atoms with Gasteiger partial charge in [0.15, 0.2) is 0 Å². The minimum Gasteiger partial charge on any atom is -0.312 e. The van der Waals surface area contributed by atoms with E-state index in [4.69, 9.17) is 0 Å². The zero-order valence-electron chi connectivity index (χ0n) is 11.1. The van der Waals surface area contributed by atoms with Crippen molar-refractivity contribution in [1.82, 2.24) is 13.9 Å². The Morgan fingerprint density at radius 3 is 2.50 bits per heavy atom. The van der Waals surface area contributed by atoms with Gasteiger partial charge in [0.05, 0.1) is 0 Å². The molecule has 2 aliphatic heterocycles. The molecule has 0 aromatic rings. The van der Waals surface area contributed by atoms with Crippen LogP contribution in [0.1, 0.15) is 33.1 Å². The molecule has 0 aromatic heterocycles. The van der Waals surface area contributed by atoms with Crippen molar-refractivity contribution in [2.75, 3.05) is 26.2 Å². The van der Waals surface area contributed by atoms with Crippen LogP contribution in [0.4, 0.5) is 0 Å². The summed E-state index contributed by atoms with van der Waals surface area (Å²) in [5, 5.41) is 3.27. The van der Waals surface area contributed by atoms with Crippen LogP contribution < -0.4 is 5.32 Å². The SMILES string of the molecule is CC1CN(S(=O)(=O)N2CCCCC2C)CCN1.Cl. The maximum Gasteiger partial charge on any atom is 0.282 e. The van der Waals surface area contributed by atoms with Crippen LogP contribution >= 0.6 is 12.4 Å². The van der Waals surface area contributed by atoms with Crippen molar-refractivity contribution < 1.29 is 8.42 Å². The highest BCUT2D eigenvalue weighted by molar-refractivity contribution is 7.86. The molecule has 0 radical (unpaired) electrons. The number of hydrogen-bond donors (Lipinski definition) is 1. The predicted molar refractivity (Wildman–Crippen MR) is 75.2 cm³/mol. The molecular weight excluding hydrogens is 274 g/mol. The predicted octanol–water partition coefficient (Wildman–Crippen LogP) is 0.821. The summed E-state index contributed by atoms with van der Waals surface area (Å²) in [5.74, 6) is 0. The van der Waals surface area contributed by atoms with Crippen LogP contribution in [-0.2, 0) is 10.2 Å². The lowest BCUT2D eigenvalue weighted by atomic mass is 10.1. The van der Waals surface area contributed by atoms with Crippen molar-refractivity contribution in [2.45, 2.75) is 45.2 Å². The molecule has 2 fully saturated rings. The van der Waals surface area contributed by atoms with Gasteiger partial charge >= 0.3 is 0 Å². The van der Waals surface area contributed by atoms with E-state index in [1.54, 1.807) is 8.61 Å². The molecule has 0 spiro atoms. The van der Waals surface area contributed by atoms with Gasteiger partial charge < -0.3 is 5.32 Å². The third-order valence-electron chi connectivity index (χ3n) is 3.70. The smallest absolute Gasteiger partial charge is 0.282 e. The molecule has 2 rings (SSSR count).